The van der Waals surface area contributed by atoms with E-state index in [1.54, 1.807) is 18.3 Å². The van der Waals surface area contributed by atoms with Crippen LogP contribution in [-0.2, 0) is 24.0 Å². The lowest BCUT2D eigenvalue weighted by atomic mass is 9.59. The van der Waals surface area contributed by atoms with Crippen LogP contribution in [0.25, 0.3) is 11.0 Å². The lowest BCUT2D eigenvalue weighted by Crippen LogP contribution is -2.58. The number of sulfone groups is 1. The Kier molecular flexibility index (Phi) is 11.8. The molecule has 0 unspecified atom stereocenters. The first-order valence-corrected chi connectivity index (χ1v) is 26.3. The number of primary amides is 1. The Morgan fingerprint density at radius 2 is 1.72 bits per heavy atom. The number of pyridine rings is 1. The van der Waals surface area contributed by atoms with Crippen LogP contribution < -0.4 is 30.3 Å². The summed E-state index contributed by atoms with van der Waals surface area (Å²) in [6.45, 7) is 9.34. The molecule has 0 radical (unpaired) electrons. The number of nitrogens with two attached hydrogens (primary N) is 1. The minimum absolute atomic E-state index is 0.0278. The normalized spacial score (nSPS) is 24.7. The molecule has 1 saturated carbocycles. The van der Waals surface area contributed by atoms with Crippen LogP contribution >= 0.6 is 0 Å². The molecule has 19 nitrogen and oxygen atoms in total. The monoisotopic (exact) mass is 989 g/mol. The number of hydrogen-bond donors (Lipinski definition) is 3. The van der Waals surface area contributed by atoms with Crippen LogP contribution in [0.4, 0.5) is 28.4 Å². The first-order chi connectivity index (χ1) is 34.4. The van der Waals surface area contributed by atoms with Gasteiger partial charge in [0.15, 0.2) is 11.4 Å². The summed E-state index contributed by atoms with van der Waals surface area (Å²) in [5.41, 5.74) is 10.0. The molecule has 12 rings (SSSR count). The van der Waals surface area contributed by atoms with E-state index in [9.17, 15) is 14.9 Å². The van der Waals surface area contributed by atoms with Gasteiger partial charge in [-0.25, -0.2) is 8.42 Å². The third-order valence-corrected chi connectivity index (χ3v) is 17.9. The minimum atomic E-state index is -4.78. The second-order valence-electron chi connectivity index (χ2n) is 20.2. The molecule has 7 aliphatic rings. The van der Waals surface area contributed by atoms with Crippen molar-refractivity contribution in [1.29, 1.82) is 0 Å². The van der Waals surface area contributed by atoms with Gasteiger partial charge < -0.3 is 49.5 Å². The number of aromatic amines is 1. The molecular formula is C51H59N9O10S. The number of ether oxygens (including phenoxy) is 5. The van der Waals surface area contributed by atoms with Gasteiger partial charge in [-0.3, -0.25) is 24.7 Å². The lowest BCUT2D eigenvalue weighted by molar-refractivity contribution is -0.384. The molecule has 5 aromatic rings. The third kappa shape index (κ3) is 8.21. The maximum Gasteiger partial charge on any atom is 0.297 e. The zero-order chi connectivity index (χ0) is 48.6. The maximum absolute atomic E-state index is 16.1. The van der Waals surface area contributed by atoms with Gasteiger partial charge in [0, 0.05) is 75.6 Å². The number of fused-ring (bicyclic) bond motifs is 4. The second kappa shape index (κ2) is 18.2. The zero-order valence-corrected chi connectivity index (χ0v) is 40.5. The van der Waals surface area contributed by atoms with Crippen LogP contribution in [0.2, 0.25) is 0 Å². The zero-order valence-electron chi connectivity index (χ0n) is 39.7. The van der Waals surface area contributed by atoms with Crippen LogP contribution in [0, 0.1) is 22.5 Å². The van der Waals surface area contributed by atoms with Gasteiger partial charge in [0.05, 0.1) is 77.9 Å². The summed E-state index contributed by atoms with van der Waals surface area (Å²) in [6.07, 6.45) is 5.28. The fraction of sp³-hybridized carbons (Fsp3) is 0.490. The summed E-state index contributed by atoms with van der Waals surface area (Å²) in [4.78, 5) is 42.6. The van der Waals surface area contributed by atoms with Gasteiger partial charge in [-0.05, 0) is 79.8 Å². The number of nitro benzene ring substituents is 1. The number of benzene rings is 3. The minimum Gasteiger partial charge on any atom is -0.489 e. The van der Waals surface area contributed by atoms with Crippen LogP contribution in [0.1, 0.15) is 59.6 Å². The Bertz CT molecular complexity index is 3000. The molecular weight excluding hydrogens is 931 g/mol. The Balaban J connectivity index is 0.947. The van der Waals surface area contributed by atoms with E-state index in [4.69, 9.17) is 34.4 Å². The first-order valence-electron chi connectivity index (χ1n) is 24.8. The fourth-order valence-corrected chi connectivity index (χ4v) is 14.1. The molecule has 4 N–H and O–H groups in total. The van der Waals surface area contributed by atoms with Crippen molar-refractivity contribution in [3.63, 3.8) is 0 Å². The molecule has 4 saturated heterocycles. The number of piperidine rings is 1. The van der Waals surface area contributed by atoms with E-state index < -0.39 is 38.5 Å². The van der Waals surface area contributed by atoms with Crippen molar-refractivity contribution in [3.8, 4) is 11.6 Å². The Hall–Kier alpha value is -6.03. The van der Waals surface area contributed by atoms with Crippen LogP contribution in [0.3, 0.4) is 0 Å². The van der Waals surface area contributed by atoms with E-state index in [-0.39, 0.29) is 69.1 Å². The third-order valence-electron chi connectivity index (χ3n) is 16.1. The Labute approximate surface area is 411 Å². The van der Waals surface area contributed by atoms with Gasteiger partial charge in [-0.2, -0.15) is 4.98 Å². The summed E-state index contributed by atoms with van der Waals surface area (Å²) < 4.78 is 62.5. The Morgan fingerprint density at radius 3 is 2.51 bits per heavy atom. The van der Waals surface area contributed by atoms with Gasteiger partial charge in [0.25, 0.3) is 11.6 Å². The van der Waals surface area contributed by atoms with E-state index >= 15 is 8.42 Å². The van der Waals surface area contributed by atoms with E-state index in [0.29, 0.717) is 82.2 Å². The molecule has 374 valence electrons. The fourth-order valence-electron chi connectivity index (χ4n) is 12.4. The number of amides is 1. The van der Waals surface area contributed by atoms with Crippen LogP contribution in [0.5, 0.6) is 11.6 Å². The number of nitrogens with zero attached hydrogens (tertiary/aromatic N) is 6. The molecule has 1 aliphatic carbocycles. The van der Waals surface area contributed by atoms with Crippen molar-refractivity contribution >= 4 is 55.2 Å². The molecule has 1 spiro atoms. The predicted octanol–water partition coefficient (Wildman–Crippen LogP) is 5.73. The Morgan fingerprint density at radius 1 is 0.930 bits per heavy atom. The average Bonchev–Trinajstić information content (AvgIpc) is 3.83. The molecule has 6 aliphatic heterocycles. The average molecular weight is 990 g/mol. The standard InChI is InChI=1S/C51H59N9O10S/c1-31-4-2-3-5-36(31)42-29-68-21-17-58(42)34-25-51(26-34)10-13-57(14-11-51)39-7-6-37(48(52)61)46(59-38-9-18-67-30-44(38)70-50-41(59)22-32-8-12-53-49(32)55-50)47(39)71(64,65)35-23-40(60(62)63)45-43(24-35)69-28-33(54-45)27-56-15-19-66-20-16-56/h2-8,12,22-24,33-34,38,42,44,54H,9-11,13-21,25-30H2,1H3,(H2,52,61)(H,53,55)/t33-,38+,42+,44+/m1/s1. The number of aryl methyl sites for hydroxylation is 1. The lowest BCUT2D eigenvalue weighted by Gasteiger charge is -2.57. The van der Waals surface area contributed by atoms with Crippen molar-refractivity contribution < 1.29 is 41.8 Å². The summed E-state index contributed by atoms with van der Waals surface area (Å²) in [5.74, 6) is -0.554. The number of hydrogen-bond acceptors (Lipinski definition) is 16. The topological polar surface area (TPSA) is 220 Å². The van der Waals surface area contributed by atoms with E-state index in [2.05, 4.69) is 56.2 Å². The van der Waals surface area contributed by atoms with Crippen molar-refractivity contribution in [2.75, 3.05) is 101 Å². The number of H-pyrrole nitrogens is 1. The summed E-state index contributed by atoms with van der Waals surface area (Å²) in [7, 11) is -4.78. The summed E-state index contributed by atoms with van der Waals surface area (Å²) in [6, 6.07) is 17.8. The second-order valence-corrected chi connectivity index (χ2v) is 22.1. The predicted molar refractivity (Wildman–Crippen MR) is 264 cm³/mol. The van der Waals surface area contributed by atoms with Crippen molar-refractivity contribution in [2.24, 2.45) is 11.1 Å². The van der Waals surface area contributed by atoms with Crippen molar-refractivity contribution in [3.05, 3.63) is 93.7 Å². The van der Waals surface area contributed by atoms with E-state index in [0.717, 1.165) is 56.8 Å². The van der Waals surface area contributed by atoms with Gasteiger partial charge in [-0.15, -0.1) is 0 Å². The molecule has 2 aromatic heterocycles. The van der Waals surface area contributed by atoms with Gasteiger partial charge >= 0.3 is 0 Å². The van der Waals surface area contributed by atoms with Crippen LogP contribution in [-0.4, -0.2) is 149 Å². The highest BCUT2D eigenvalue weighted by Gasteiger charge is 2.51. The van der Waals surface area contributed by atoms with Crippen molar-refractivity contribution in [1.82, 2.24) is 19.8 Å². The molecule has 20 heteroatoms. The SMILES string of the molecule is Cc1ccccc1[C@@H]1COCCN1C1CC2(CCN(c3ccc(C(N)=O)c(N4c5cc6cc[nH]c6nc5O[C@H]5COCC[C@@H]54)c3S(=O)(=O)c3cc4c(c([N+](=O)[O-])c3)N[C@H](CN3CCOCC3)CO4)CC2)C1. The summed E-state index contributed by atoms with van der Waals surface area (Å²) in [5, 5.41) is 17.1. The van der Waals surface area contributed by atoms with Gasteiger partial charge in [0.1, 0.15) is 28.9 Å². The molecule has 8 heterocycles. The highest BCUT2D eigenvalue weighted by molar-refractivity contribution is 7.91. The number of morpholine rings is 2. The number of nitro groups is 1. The number of rotatable bonds is 10. The highest BCUT2D eigenvalue weighted by Crippen LogP contribution is 2.55. The van der Waals surface area contributed by atoms with Crippen LogP contribution in [0.15, 0.2) is 76.7 Å². The molecule has 71 heavy (non-hydrogen) atoms. The number of aromatic nitrogens is 2. The van der Waals surface area contributed by atoms with E-state index in [1.807, 2.05) is 17.0 Å². The molecule has 3 aromatic carbocycles. The number of carbonyl (C=O) groups is 1. The smallest absolute Gasteiger partial charge is 0.297 e. The van der Waals surface area contributed by atoms with Crippen molar-refractivity contribution in [2.45, 2.75) is 79.1 Å². The first kappa shape index (κ1) is 46.1. The highest BCUT2D eigenvalue weighted by atomic mass is 32.2. The molecule has 5 fully saturated rings. The van der Waals surface area contributed by atoms with E-state index in [1.165, 1.54) is 17.2 Å². The largest absolute Gasteiger partial charge is 0.489 e. The number of carbonyl (C=O) groups excluding carboxylic acids is 1. The molecule has 4 atom stereocenters. The van der Waals surface area contributed by atoms with Gasteiger partial charge in [-0.1, -0.05) is 24.3 Å². The number of nitrogens with one attached hydrogen (secondary N) is 2. The molecule has 0 bridgehead atoms. The summed E-state index contributed by atoms with van der Waals surface area (Å²) >= 11 is 0. The number of anilines is 4. The maximum atomic E-state index is 16.1. The van der Waals surface area contributed by atoms with Gasteiger partial charge in [0.2, 0.25) is 15.7 Å². The quantitative estimate of drug-likeness (QED) is 0.112. The molecule has 1 amide bonds.